The quantitative estimate of drug-likeness (QED) is 0.612. The summed E-state index contributed by atoms with van der Waals surface area (Å²) in [7, 11) is 0. The van der Waals surface area contributed by atoms with Crippen molar-refractivity contribution in [2.45, 2.75) is 44.2 Å². The van der Waals surface area contributed by atoms with Crippen molar-refractivity contribution in [1.29, 1.82) is 0 Å². The molecule has 2 rings (SSSR count). The van der Waals surface area contributed by atoms with Crippen molar-refractivity contribution in [3.8, 4) is 0 Å². The maximum atomic E-state index is 13.6. The maximum Gasteiger partial charge on any atom is 0.244 e. The van der Waals surface area contributed by atoms with Crippen LogP contribution in [0.2, 0.25) is 0 Å². The summed E-state index contributed by atoms with van der Waals surface area (Å²) in [5.41, 5.74) is 1.03. The van der Waals surface area contributed by atoms with E-state index >= 15 is 0 Å². The topological polar surface area (TPSA) is 52.4 Å². The summed E-state index contributed by atoms with van der Waals surface area (Å²) in [5, 5.41) is 10.6. The van der Waals surface area contributed by atoms with E-state index in [2.05, 4.69) is 0 Å². The predicted octanol–water partition coefficient (Wildman–Crippen LogP) is 2.74. The lowest BCUT2D eigenvalue weighted by atomic mass is 9.91. The standard InChI is InChI=1S/C13H16FNO3/c14-12-8-11(6-7-13(12)15(16)17)18-9-10-4-2-1-3-5-10/h1-5,11-13H,6-9H2. The molecule has 0 bridgehead atoms. The number of hydrogen-bond acceptors (Lipinski definition) is 3. The monoisotopic (exact) mass is 253 g/mol. The van der Waals surface area contributed by atoms with E-state index in [1.165, 1.54) is 0 Å². The molecule has 0 aromatic heterocycles. The summed E-state index contributed by atoms with van der Waals surface area (Å²) in [6.45, 7) is 0.432. The van der Waals surface area contributed by atoms with E-state index in [0.717, 1.165) is 5.56 Å². The molecule has 0 radical (unpaired) electrons. The molecule has 5 heteroatoms. The van der Waals surface area contributed by atoms with Gasteiger partial charge in [-0.15, -0.1) is 0 Å². The lowest BCUT2D eigenvalue weighted by molar-refractivity contribution is -0.535. The lowest BCUT2D eigenvalue weighted by Crippen LogP contribution is -2.39. The molecule has 0 amide bonds. The molecule has 0 heterocycles. The van der Waals surface area contributed by atoms with Crippen molar-refractivity contribution in [3.05, 3.63) is 46.0 Å². The number of nitro groups is 1. The highest BCUT2D eigenvalue weighted by Gasteiger charge is 2.38. The number of nitrogens with zero attached hydrogens (tertiary/aromatic N) is 1. The molecule has 18 heavy (non-hydrogen) atoms. The van der Waals surface area contributed by atoms with Crippen LogP contribution in [0.4, 0.5) is 4.39 Å². The van der Waals surface area contributed by atoms with Gasteiger partial charge in [-0.05, 0) is 12.0 Å². The zero-order chi connectivity index (χ0) is 13.0. The average molecular weight is 253 g/mol. The molecule has 1 aliphatic rings. The van der Waals surface area contributed by atoms with Gasteiger partial charge in [0.05, 0.1) is 12.7 Å². The van der Waals surface area contributed by atoms with E-state index in [-0.39, 0.29) is 18.9 Å². The van der Waals surface area contributed by atoms with Crippen molar-refractivity contribution < 1.29 is 14.1 Å². The Morgan fingerprint density at radius 3 is 2.67 bits per heavy atom. The predicted molar refractivity (Wildman–Crippen MR) is 64.5 cm³/mol. The van der Waals surface area contributed by atoms with Gasteiger partial charge in [0.2, 0.25) is 6.04 Å². The summed E-state index contributed by atoms with van der Waals surface area (Å²) >= 11 is 0. The summed E-state index contributed by atoms with van der Waals surface area (Å²) < 4.78 is 19.2. The molecule has 3 unspecified atom stereocenters. The Balaban J connectivity index is 1.81. The van der Waals surface area contributed by atoms with Crippen LogP contribution in [0, 0.1) is 10.1 Å². The molecule has 3 atom stereocenters. The van der Waals surface area contributed by atoms with E-state index in [4.69, 9.17) is 4.74 Å². The number of benzene rings is 1. The van der Waals surface area contributed by atoms with Gasteiger partial charge in [-0.25, -0.2) is 4.39 Å². The van der Waals surface area contributed by atoms with Crippen LogP contribution in [0.3, 0.4) is 0 Å². The van der Waals surface area contributed by atoms with Crippen LogP contribution in [0.5, 0.6) is 0 Å². The normalized spacial score (nSPS) is 27.9. The summed E-state index contributed by atoms with van der Waals surface area (Å²) in [5.74, 6) is 0. The van der Waals surface area contributed by atoms with E-state index in [0.29, 0.717) is 13.0 Å². The van der Waals surface area contributed by atoms with Gasteiger partial charge in [-0.2, -0.15) is 0 Å². The number of ether oxygens (including phenoxy) is 1. The zero-order valence-corrected chi connectivity index (χ0v) is 10.00. The SMILES string of the molecule is O=[N+]([O-])C1CCC(OCc2ccccc2)CC1F. The van der Waals surface area contributed by atoms with Crippen LogP contribution in [0.1, 0.15) is 24.8 Å². The minimum atomic E-state index is -1.39. The second kappa shape index (κ2) is 5.91. The van der Waals surface area contributed by atoms with Crippen LogP contribution in [0.25, 0.3) is 0 Å². The molecule has 1 aromatic carbocycles. The molecular weight excluding hydrogens is 237 g/mol. The molecule has 0 spiro atoms. The molecule has 0 saturated heterocycles. The Morgan fingerprint density at radius 1 is 1.33 bits per heavy atom. The first-order valence-electron chi connectivity index (χ1n) is 6.10. The second-order valence-electron chi connectivity index (χ2n) is 4.60. The highest BCUT2D eigenvalue weighted by atomic mass is 19.1. The Kier molecular flexibility index (Phi) is 4.25. The molecular formula is C13H16FNO3. The van der Waals surface area contributed by atoms with Crippen molar-refractivity contribution >= 4 is 0 Å². The largest absolute Gasteiger partial charge is 0.373 e. The Hall–Kier alpha value is -1.49. The van der Waals surface area contributed by atoms with Gasteiger partial charge in [0.25, 0.3) is 0 Å². The van der Waals surface area contributed by atoms with Crippen LogP contribution in [-0.4, -0.2) is 23.2 Å². The fraction of sp³-hybridized carbons (Fsp3) is 0.538. The number of halogens is 1. The van der Waals surface area contributed by atoms with Gasteiger partial charge in [-0.3, -0.25) is 10.1 Å². The molecule has 4 nitrogen and oxygen atoms in total. The van der Waals surface area contributed by atoms with Crippen molar-refractivity contribution in [2.24, 2.45) is 0 Å². The van der Waals surface area contributed by atoms with Crippen molar-refractivity contribution in [3.63, 3.8) is 0 Å². The van der Waals surface area contributed by atoms with E-state index in [1.807, 2.05) is 30.3 Å². The van der Waals surface area contributed by atoms with Crippen LogP contribution in [0.15, 0.2) is 30.3 Å². The van der Waals surface area contributed by atoms with Gasteiger partial charge in [0.15, 0.2) is 6.17 Å². The van der Waals surface area contributed by atoms with Gasteiger partial charge in [0.1, 0.15) is 0 Å². The van der Waals surface area contributed by atoms with E-state index in [9.17, 15) is 14.5 Å². The van der Waals surface area contributed by atoms with Gasteiger partial charge in [0, 0.05) is 17.8 Å². The number of alkyl halides is 1. The Labute approximate surface area is 105 Å². The average Bonchev–Trinajstić information content (AvgIpc) is 2.37. The lowest BCUT2D eigenvalue weighted by Gasteiger charge is -2.27. The fourth-order valence-corrected chi connectivity index (χ4v) is 2.24. The first-order chi connectivity index (χ1) is 8.66. The molecule has 98 valence electrons. The summed E-state index contributed by atoms with van der Waals surface area (Å²) in [6.07, 6.45) is -0.670. The highest BCUT2D eigenvalue weighted by Crippen LogP contribution is 2.26. The van der Waals surface area contributed by atoms with Crippen molar-refractivity contribution in [1.82, 2.24) is 0 Å². The van der Waals surface area contributed by atoms with Crippen LogP contribution in [-0.2, 0) is 11.3 Å². The van der Waals surface area contributed by atoms with E-state index < -0.39 is 17.1 Å². The fourth-order valence-electron chi connectivity index (χ4n) is 2.24. The summed E-state index contributed by atoms with van der Waals surface area (Å²) in [4.78, 5) is 10.1. The van der Waals surface area contributed by atoms with Gasteiger partial charge in [-0.1, -0.05) is 30.3 Å². The van der Waals surface area contributed by atoms with Gasteiger partial charge >= 0.3 is 0 Å². The smallest absolute Gasteiger partial charge is 0.244 e. The maximum absolute atomic E-state index is 13.6. The summed E-state index contributed by atoms with van der Waals surface area (Å²) in [6, 6.07) is 8.58. The van der Waals surface area contributed by atoms with Gasteiger partial charge < -0.3 is 4.74 Å². The van der Waals surface area contributed by atoms with E-state index in [1.54, 1.807) is 0 Å². The molecule has 1 saturated carbocycles. The highest BCUT2D eigenvalue weighted by molar-refractivity contribution is 5.13. The third-order valence-electron chi connectivity index (χ3n) is 3.29. The first-order valence-corrected chi connectivity index (χ1v) is 6.10. The number of hydrogen-bond donors (Lipinski definition) is 0. The minimum absolute atomic E-state index is 0.123. The molecule has 0 aliphatic heterocycles. The van der Waals surface area contributed by atoms with Crippen LogP contribution < -0.4 is 0 Å². The minimum Gasteiger partial charge on any atom is -0.373 e. The van der Waals surface area contributed by atoms with Crippen molar-refractivity contribution in [2.75, 3.05) is 0 Å². The molecule has 1 aromatic rings. The molecule has 1 aliphatic carbocycles. The Morgan fingerprint density at radius 2 is 2.06 bits per heavy atom. The Bertz CT molecular complexity index is 398. The third-order valence-corrected chi connectivity index (χ3v) is 3.29. The zero-order valence-electron chi connectivity index (χ0n) is 10.00. The van der Waals surface area contributed by atoms with Crippen LogP contribution >= 0.6 is 0 Å². The second-order valence-corrected chi connectivity index (χ2v) is 4.60. The molecule has 0 N–H and O–H groups in total. The number of rotatable bonds is 4. The first kappa shape index (κ1) is 13.0. The molecule has 1 fully saturated rings. The third kappa shape index (κ3) is 3.26.